The minimum atomic E-state index is -1.42. The molecule has 3 aromatic carbocycles. The summed E-state index contributed by atoms with van der Waals surface area (Å²) in [5, 5.41) is 15.4. The summed E-state index contributed by atoms with van der Waals surface area (Å²) in [7, 11) is 0. The molecule has 1 unspecified atom stereocenters. The number of benzene rings is 3. The highest BCUT2D eigenvalue weighted by Crippen LogP contribution is 2.52. The Hall–Kier alpha value is -2.34. The zero-order chi connectivity index (χ0) is 22.3. The van der Waals surface area contributed by atoms with Gasteiger partial charge in [0.2, 0.25) is 0 Å². The number of halogens is 1. The van der Waals surface area contributed by atoms with E-state index in [-0.39, 0.29) is 5.78 Å². The summed E-state index contributed by atoms with van der Waals surface area (Å²) in [5.74, 6) is -0.131. The fourth-order valence-corrected chi connectivity index (χ4v) is 5.57. The van der Waals surface area contributed by atoms with Crippen LogP contribution in [0, 0.1) is 27.7 Å². The molecule has 0 spiro atoms. The van der Waals surface area contributed by atoms with E-state index in [4.69, 9.17) is 0 Å². The van der Waals surface area contributed by atoms with Gasteiger partial charge < -0.3 is 10.4 Å². The van der Waals surface area contributed by atoms with Crippen LogP contribution in [0.15, 0.2) is 75.7 Å². The number of aliphatic hydroxyl groups is 1. The average Bonchev–Trinajstić information content (AvgIpc) is 2.72. The van der Waals surface area contributed by atoms with Crippen molar-refractivity contribution in [1.82, 2.24) is 0 Å². The van der Waals surface area contributed by atoms with Crippen LogP contribution in [0.3, 0.4) is 0 Å². The third kappa shape index (κ3) is 4.22. The number of fused-ring (bicyclic) bond motifs is 1. The molecule has 0 fully saturated rings. The van der Waals surface area contributed by atoms with Gasteiger partial charge in [-0.3, -0.25) is 4.79 Å². The Morgan fingerprint density at radius 1 is 0.968 bits per heavy atom. The van der Waals surface area contributed by atoms with Gasteiger partial charge >= 0.3 is 0 Å². The predicted octanol–water partition coefficient (Wildman–Crippen LogP) is 6.81. The SMILES string of the molecule is Cc1ccc(C)c(C(=O)/C=C2\Nc3ccc(Br)cc3SC2(O)c2cc(C)ccc2C)c1. The lowest BCUT2D eigenvalue weighted by Crippen LogP contribution is -2.33. The quantitative estimate of drug-likeness (QED) is 0.310. The topological polar surface area (TPSA) is 49.3 Å². The minimum absolute atomic E-state index is 0.131. The van der Waals surface area contributed by atoms with E-state index in [1.807, 2.05) is 82.3 Å². The van der Waals surface area contributed by atoms with Crippen molar-refractivity contribution in [2.24, 2.45) is 0 Å². The molecule has 0 aliphatic carbocycles. The average molecular weight is 494 g/mol. The summed E-state index contributed by atoms with van der Waals surface area (Å²) in [6.45, 7) is 7.88. The Kier molecular flexibility index (Phi) is 5.86. The lowest BCUT2D eigenvalue weighted by atomic mass is 9.95. The Labute approximate surface area is 195 Å². The van der Waals surface area contributed by atoms with E-state index in [0.717, 1.165) is 42.9 Å². The van der Waals surface area contributed by atoms with Crippen molar-refractivity contribution < 1.29 is 9.90 Å². The van der Waals surface area contributed by atoms with E-state index < -0.39 is 4.93 Å². The van der Waals surface area contributed by atoms with Crippen LogP contribution in [-0.4, -0.2) is 10.9 Å². The van der Waals surface area contributed by atoms with E-state index in [2.05, 4.69) is 21.2 Å². The molecular weight excluding hydrogens is 470 g/mol. The first kappa shape index (κ1) is 21.9. The third-order valence-corrected chi connectivity index (χ3v) is 7.31. The molecule has 0 radical (unpaired) electrons. The number of hydrogen-bond donors (Lipinski definition) is 2. The molecule has 3 nitrogen and oxygen atoms in total. The molecule has 0 bridgehead atoms. The number of carbonyl (C=O) groups excluding carboxylic acids is 1. The fraction of sp³-hybridized carbons (Fsp3) is 0.192. The normalized spacial score (nSPS) is 19.1. The fourth-order valence-electron chi connectivity index (χ4n) is 3.77. The molecule has 1 aliphatic heterocycles. The summed E-state index contributed by atoms with van der Waals surface area (Å²) < 4.78 is 0.933. The van der Waals surface area contributed by atoms with E-state index in [0.29, 0.717) is 11.3 Å². The zero-order valence-electron chi connectivity index (χ0n) is 17.9. The molecular formula is C26H24BrNO2S. The Balaban J connectivity index is 1.89. The maximum Gasteiger partial charge on any atom is 0.187 e. The van der Waals surface area contributed by atoms with Crippen molar-refractivity contribution in [2.75, 3.05) is 5.32 Å². The molecule has 5 heteroatoms. The number of thioether (sulfide) groups is 1. The summed E-state index contributed by atoms with van der Waals surface area (Å²) in [6.07, 6.45) is 1.54. The molecule has 158 valence electrons. The number of nitrogens with one attached hydrogen (secondary N) is 1. The first-order valence-electron chi connectivity index (χ1n) is 10.1. The standard InChI is InChI=1S/C26H24BrNO2S/c1-15-5-7-17(3)20(11-15)23(29)14-25-26(30,21-12-16(2)6-8-18(21)4)31-24-13-19(27)9-10-22(24)28-25/h5-14,28,30H,1-4H3/b25-14-. The molecule has 0 saturated heterocycles. The molecule has 4 rings (SSSR count). The van der Waals surface area contributed by atoms with Crippen LogP contribution in [0.5, 0.6) is 0 Å². The van der Waals surface area contributed by atoms with Crippen molar-refractivity contribution in [3.8, 4) is 0 Å². The van der Waals surface area contributed by atoms with Gasteiger partial charge in [0.15, 0.2) is 10.7 Å². The molecule has 3 aromatic rings. The van der Waals surface area contributed by atoms with Crippen LogP contribution in [0.4, 0.5) is 5.69 Å². The lowest BCUT2D eigenvalue weighted by Gasteiger charge is -2.37. The minimum Gasteiger partial charge on any atom is -0.370 e. The van der Waals surface area contributed by atoms with Crippen molar-refractivity contribution in [1.29, 1.82) is 0 Å². The Morgan fingerprint density at radius 2 is 1.65 bits per heavy atom. The van der Waals surface area contributed by atoms with Crippen LogP contribution in [0.25, 0.3) is 0 Å². The van der Waals surface area contributed by atoms with Crippen LogP contribution in [0.2, 0.25) is 0 Å². The first-order chi connectivity index (χ1) is 14.7. The van der Waals surface area contributed by atoms with Gasteiger partial charge in [-0.15, -0.1) is 0 Å². The molecule has 2 N–H and O–H groups in total. The largest absolute Gasteiger partial charge is 0.370 e. The lowest BCUT2D eigenvalue weighted by molar-refractivity contribution is 0.104. The monoisotopic (exact) mass is 493 g/mol. The van der Waals surface area contributed by atoms with Crippen molar-refractivity contribution in [2.45, 2.75) is 37.5 Å². The maximum absolute atomic E-state index is 13.3. The highest BCUT2D eigenvalue weighted by molar-refractivity contribution is 9.10. The van der Waals surface area contributed by atoms with Gasteiger partial charge in [0.25, 0.3) is 0 Å². The van der Waals surface area contributed by atoms with Crippen LogP contribution < -0.4 is 5.32 Å². The smallest absolute Gasteiger partial charge is 0.187 e. The van der Waals surface area contributed by atoms with Crippen LogP contribution in [-0.2, 0) is 4.93 Å². The van der Waals surface area contributed by atoms with Gasteiger partial charge in [0, 0.05) is 26.6 Å². The Morgan fingerprint density at radius 3 is 2.39 bits per heavy atom. The van der Waals surface area contributed by atoms with Crippen LogP contribution in [0.1, 0.15) is 38.2 Å². The zero-order valence-corrected chi connectivity index (χ0v) is 20.3. The van der Waals surface area contributed by atoms with Gasteiger partial charge in [-0.1, -0.05) is 69.2 Å². The predicted molar refractivity (Wildman–Crippen MR) is 132 cm³/mol. The number of anilines is 1. The highest BCUT2D eigenvalue weighted by Gasteiger charge is 2.41. The van der Waals surface area contributed by atoms with E-state index in [1.54, 1.807) is 6.08 Å². The van der Waals surface area contributed by atoms with E-state index >= 15 is 0 Å². The molecule has 1 atom stereocenters. The summed E-state index contributed by atoms with van der Waals surface area (Å²) in [6, 6.07) is 17.7. The molecule has 1 aliphatic rings. The Bertz CT molecular complexity index is 1230. The molecule has 1 heterocycles. The summed E-state index contributed by atoms with van der Waals surface area (Å²) in [5.41, 5.74) is 6.70. The molecule has 0 saturated carbocycles. The summed E-state index contributed by atoms with van der Waals surface area (Å²) in [4.78, 5) is 12.8. The van der Waals surface area contributed by atoms with E-state index in [1.165, 1.54) is 11.8 Å². The number of hydrogen-bond acceptors (Lipinski definition) is 4. The van der Waals surface area contributed by atoms with Gasteiger partial charge in [-0.2, -0.15) is 0 Å². The van der Waals surface area contributed by atoms with Gasteiger partial charge in [0.1, 0.15) is 0 Å². The second-order valence-electron chi connectivity index (χ2n) is 8.07. The van der Waals surface area contributed by atoms with Gasteiger partial charge in [-0.05, 0) is 63.1 Å². The maximum atomic E-state index is 13.3. The number of ketones is 1. The van der Waals surface area contributed by atoms with Gasteiger partial charge in [-0.25, -0.2) is 0 Å². The van der Waals surface area contributed by atoms with Crippen molar-refractivity contribution >= 4 is 39.2 Å². The van der Waals surface area contributed by atoms with Crippen LogP contribution >= 0.6 is 27.7 Å². The molecule has 31 heavy (non-hydrogen) atoms. The van der Waals surface area contributed by atoms with Gasteiger partial charge in [0.05, 0.1) is 11.4 Å². The number of carbonyl (C=O) groups is 1. The molecule has 0 amide bonds. The first-order valence-corrected chi connectivity index (χ1v) is 11.7. The third-order valence-electron chi connectivity index (χ3n) is 5.53. The summed E-state index contributed by atoms with van der Waals surface area (Å²) >= 11 is 4.86. The highest BCUT2D eigenvalue weighted by atomic mass is 79.9. The molecule has 0 aromatic heterocycles. The van der Waals surface area contributed by atoms with E-state index in [9.17, 15) is 9.90 Å². The number of allylic oxidation sites excluding steroid dienone is 1. The van der Waals surface area contributed by atoms with Crippen molar-refractivity contribution in [3.63, 3.8) is 0 Å². The number of aryl methyl sites for hydroxylation is 4. The van der Waals surface area contributed by atoms with Crippen molar-refractivity contribution in [3.05, 3.63) is 104 Å². The number of rotatable bonds is 3. The second-order valence-corrected chi connectivity index (χ2v) is 10.2. The second kappa shape index (κ2) is 8.30.